The zero-order valence-electron chi connectivity index (χ0n) is 13.8. The minimum atomic E-state index is -0.210. The molecule has 25 heavy (non-hydrogen) atoms. The van der Waals surface area contributed by atoms with Gasteiger partial charge in [-0.25, -0.2) is 4.98 Å². The van der Waals surface area contributed by atoms with Crippen molar-refractivity contribution in [3.63, 3.8) is 0 Å². The molecular weight excluding hydrogens is 320 g/mol. The van der Waals surface area contributed by atoms with Crippen molar-refractivity contribution in [2.24, 2.45) is 0 Å². The van der Waals surface area contributed by atoms with E-state index < -0.39 is 0 Å². The number of rotatable bonds is 3. The fraction of sp³-hybridized carbons (Fsp3) is 0.278. The summed E-state index contributed by atoms with van der Waals surface area (Å²) in [7, 11) is 1.50. The van der Waals surface area contributed by atoms with Crippen LogP contribution in [0, 0.1) is 11.3 Å². The van der Waals surface area contributed by atoms with Crippen LogP contribution < -0.4 is 9.64 Å². The quantitative estimate of drug-likeness (QED) is 0.915. The van der Waals surface area contributed by atoms with Gasteiger partial charge in [-0.2, -0.15) is 5.26 Å². The van der Waals surface area contributed by atoms with Gasteiger partial charge in [-0.05, 0) is 24.3 Å². The number of benzene rings is 1. The second kappa shape index (κ2) is 7.09. The molecule has 1 aromatic heterocycles. The molecule has 1 N–H and O–H groups in total. The SMILES string of the molecule is COc1ccc(C(=O)N2CCN(c3cc(C#N)ccn3)CC2)c(O)c1. The van der Waals surface area contributed by atoms with Crippen LogP contribution in [0.4, 0.5) is 5.82 Å². The van der Waals surface area contributed by atoms with E-state index in [1.807, 2.05) is 4.90 Å². The maximum absolute atomic E-state index is 12.6. The first-order valence-corrected chi connectivity index (χ1v) is 7.90. The summed E-state index contributed by atoms with van der Waals surface area (Å²) in [5.41, 5.74) is 0.825. The van der Waals surface area contributed by atoms with E-state index in [0.717, 1.165) is 5.82 Å². The predicted molar refractivity (Wildman–Crippen MR) is 91.7 cm³/mol. The highest BCUT2D eigenvalue weighted by Crippen LogP contribution is 2.25. The molecule has 2 heterocycles. The lowest BCUT2D eigenvalue weighted by atomic mass is 10.1. The second-order valence-corrected chi connectivity index (χ2v) is 5.68. The van der Waals surface area contributed by atoms with E-state index in [1.54, 1.807) is 35.4 Å². The Hall–Kier alpha value is -3.27. The molecule has 7 nitrogen and oxygen atoms in total. The van der Waals surface area contributed by atoms with E-state index in [9.17, 15) is 9.90 Å². The van der Waals surface area contributed by atoms with Gasteiger partial charge in [0.25, 0.3) is 5.91 Å². The highest BCUT2D eigenvalue weighted by atomic mass is 16.5. The summed E-state index contributed by atoms with van der Waals surface area (Å²) in [5.74, 6) is 0.939. The molecule has 0 spiro atoms. The van der Waals surface area contributed by atoms with E-state index >= 15 is 0 Å². The Labute approximate surface area is 145 Å². The molecule has 2 aromatic rings. The first kappa shape index (κ1) is 16.6. The summed E-state index contributed by atoms with van der Waals surface area (Å²) in [6.07, 6.45) is 1.61. The molecule has 0 radical (unpaired) electrons. The van der Waals surface area contributed by atoms with E-state index in [1.165, 1.54) is 13.2 Å². The number of nitriles is 1. The molecule has 1 aliphatic heterocycles. The minimum Gasteiger partial charge on any atom is -0.507 e. The van der Waals surface area contributed by atoms with Gasteiger partial charge < -0.3 is 19.6 Å². The number of phenolic OH excluding ortho intramolecular Hbond substituents is 1. The van der Waals surface area contributed by atoms with E-state index in [4.69, 9.17) is 10.00 Å². The lowest BCUT2D eigenvalue weighted by molar-refractivity contribution is 0.0743. The molecule has 1 aliphatic rings. The number of nitrogens with zero attached hydrogens (tertiary/aromatic N) is 4. The largest absolute Gasteiger partial charge is 0.507 e. The first-order valence-electron chi connectivity index (χ1n) is 7.90. The Bertz CT molecular complexity index is 823. The standard InChI is InChI=1S/C18H18N4O3/c1-25-14-2-3-15(16(23)11-14)18(24)22-8-6-21(7-9-22)17-10-13(12-19)4-5-20-17/h2-5,10-11,23H,6-9H2,1H3. The van der Waals surface area contributed by atoms with Crippen LogP contribution in [0.15, 0.2) is 36.5 Å². The average Bonchev–Trinajstić information content (AvgIpc) is 2.67. The molecule has 1 fully saturated rings. The number of aromatic nitrogens is 1. The molecule has 1 aromatic carbocycles. The van der Waals surface area contributed by atoms with Crippen molar-refractivity contribution in [1.82, 2.24) is 9.88 Å². The van der Waals surface area contributed by atoms with Crippen LogP contribution in [0.1, 0.15) is 15.9 Å². The molecule has 128 valence electrons. The first-order chi connectivity index (χ1) is 12.1. The van der Waals surface area contributed by atoms with Crippen molar-refractivity contribution in [2.75, 3.05) is 38.2 Å². The number of methoxy groups -OCH3 is 1. The average molecular weight is 338 g/mol. The van der Waals surface area contributed by atoms with Crippen molar-refractivity contribution in [2.45, 2.75) is 0 Å². The lowest BCUT2D eigenvalue weighted by Gasteiger charge is -2.35. The number of anilines is 1. The summed E-state index contributed by atoms with van der Waals surface area (Å²) < 4.78 is 5.04. The zero-order chi connectivity index (χ0) is 17.8. The Morgan fingerprint density at radius 3 is 2.64 bits per heavy atom. The molecule has 0 bridgehead atoms. The number of pyridine rings is 1. The van der Waals surface area contributed by atoms with E-state index in [-0.39, 0.29) is 17.2 Å². The normalized spacial score (nSPS) is 14.1. The van der Waals surface area contributed by atoms with Gasteiger partial charge in [0.1, 0.15) is 17.3 Å². The summed E-state index contributed by atoms with van der Waals surface area (Å²) >= 11 is 0. The van der Waals surface area contributed by atoms with Gasteiger partial charge in [0.05, 0.1) is 24.3 Å². The number of piperazine rings is 1. The lowest BCUT2D eigenvalue weighted by Crippen LogP contribution is -2.49. The fourth-order valence-corrected chi connectivity index (χ4v) is 2.79. The van der Waals surface area contributed by atoms with E-state index in [2.05, 4.69) is 11.1 Å². The number of phenols is 1. The van der Waals surface area contributed by atoms with Gasteiger partial charge in [-0.1, -0.05) is 0 Å². The molecule has 1 amide bonds. The number of hydrogen-bond donors (Lipinski definition) is 1. The van der Waals surface area contributed by atoms with Crippen LogP contribution in [0.5, 0.6) is 11.5 Å². The van der Waals surface area contributed by atoms with Crippen LogP contribution in [0.25, 0.3) is 0 Å². The fourth-order valence-electron chi connectivity index (χ4n) is 2.79. The minimum absolute atomic E-state index is 0.0878. The van der Waals surface area contributed by atoms with Gasteiger partial charge >= 0.3 is 0 Å². The number of carbonyl (C=O) groups is 1. The monoisotopic (exact) mass is 338 g/mol. The summed E-state index contributed by atoms with van der Waals surface area (Å²) in [6.45, 7) is 2.26. The maximum atomic E-state index is 12.6. The molecule has 3 rings (SSSR count). The Morgan fingerprint density at radius 2 is 2.00 bits per heavy atom. The van der Waals surface area contributed by atoms with Gasteiger partial charge in [0.2, 0.25) is 0 Å². The van der Waals surface area contributed by atoms with Crippen molar-refractivity contribution < 1.29 is 14.6 Å². The Kier molecular flexibility index (Phi) is 4.70. The Morgan fingerprint density at radius 1 is 1.24 bits per heavy atom. The molecule has 0 aliphatic carbocycles. The predicted octanol–water partition coefficient (Wildman–Crippen LogP) is 1.63. The topological polar surface area (TPSA) is 89.7 Å². The van der Waals surface area contributed by atoms with Crippen molar-refractivity contribution >= 4 is 11.7 Å². The van der Waals surface area contributed by atoms with E-state index in [0.29, 0.717) is 37.5 Å². The van der Waals surface area contributed by atoms with Gasteiger partial charge in [-0.3, -0.25) is 4.79 Å². The summed E-state index contributed by atoms with van der Waals surface area (Å²) in [4.78, 5) is 20.6. The van der Waals surface area contributed by atoms with Gasteiger partial charge in [0.15, 0.2) is 0 Å². The number of ether oxygens (including phenoxy) is 1. The molecule has 0 atom stereocenters. The van der Waals surface area contributed by atoms with Crippen molar-refractivity contribution in [3.05, 3.63) is 47.7 Å². The third-order valence-electron chi connectivity index (χ3n) is 4.20. The number of hydrogen-bond acceptors (Lipinski definition) is 6. The van der Waals surface area contributed by atoms with Gasteiger partial charge in [-0.15, -0.1) is 0 Å². The van der Waals surface area contributed by atoms with Crippen LogP contribution in [0.2, 0.25) is 0 Å². The molecule has 0 saturated carbocycles. The molecular formula is C18H18N4O3. The van der Waals surface area contributed by atoms with Crippen LogP contribution in [0.3, 0.4) is 0 Å². The van der Waals surface area contributed by atoms with Crippen LogP contribution in [-0.2, 0) is 0 Å². The van der Waals surface area contributed by atoms with Crippen LogP contribution in [-0.4, -0.2) is 54.2 Å². The highest BCUT2D eigenvalue weighted by molar-refractivity contribution is 5.97. The highest BCUT2D eigenvalue weighted by Gasteiger charge is 2.24. The van der Waals surface area contributed by atoms with Crippen molar-refractivity contribution in [1.29, 1.82) is 5.26 Å². The third-order valence-corrected chi connectivity index (χ3v) is 4.20. The summed E-state index contributed by atoms with van der Waals surface area (Å²) in [5, 5.41) is 19.0. The number of aromatic hydroxyl groups is 1. The molecule has 7 heteroatoms. The number of carbonyl (C=O) groups excluding carboxylic acids is 1. The van der Waals surface area contributed by atoms with Gasteiger partial charge in [0, 0.05) is 38.4 Å². The van der Waals surface area contributed by atoms with Crippen molar-refractivity contribution in [3.8, 4) is 17.6 Å². The smallest absolute Gasteiger partial charge is 0.257 e. The second-order valence-electron chi connectivity index (χ2n) is 5.68. The maximum Gasteiger partial charge on any atom is 0.257 e. The third kappa shape index (κ3) is 3.48. The Balaban J connectivity index is 1.67. The summed E-state index contributed by atoms with van der Waals surface area (Å²) in [6, 6.07) is 10.2. The van der Waals surface area contributed by atoms with Crippen LogP contribution >= 0.6 is 0 Å². The molecule has 0 unspecified atom stereocenters. The number of amides is 1. The zero-order valence-corrected chi connectivity index (χ0v) is 13.8. The molecule has 1 saturated heterocycles.